The average Bonchev–Trinajstić information content (AvgIpc) is 3.18. The van der Waals surface area contributed by atoms with Gasteiger partial charge in [-0.1, -0.05) is 11.8 Å². The molecule has 0 atom stereocenters. The number of hydrogen-bond donors (Lipinski definition) is 0. The summed E-state index contributed by atoms with van der Waals surface area (Å²) in [6, 6.07) is 13.5. The zero-order valence-corrected chi connectivity index (χ0v) is 19.4. The van der Waals surface area contributed by atoms with E-state index in [2.05, 4.69) is 53.2 Å². The molecule has 1 heterocycles. The number of anilines is 1. The van der Waals surface area contributed by atoms with Gasteiger partial charge < -0.3 is 18.9 Å². The number of ketones is 1. The Morgan fingerprint density at radius 2 is 1.74 bits per heavy atom. The molecule has 3 aromatic rings. The average molecular weight is 441 g/mol. The van der Waals surface area contributed by atoms with E-state index in [0.29, 0.717) is 22.2 Å². The molecule has 0 amide bonds. The van der Waals surface area contributed by atoms with E-state index < -0.39 is 0 Å². The maximum atomic E-state index is 12.7. The summed E-state index contributed by atoms with van der Waals surface area (Å²) in [6.07, 6.45) is 0. The first kappa shape index (κ1) is 22.7. The minimum absolute atomic E-state index is 0.0439. The number of methoxy groups -OCH3 is 2. The van der Waals surface area contributed by atoms with Crippen LogP contribution in [0.2, 0.25) is 0 Å². The number of benzene rings is 2. The number of thioether (sulfide) groups is 1. The minimum Gasteiger partial charge on any atom is -0.497 e. The van der Waals surface area contributed by atoms with Gasteiger partial charge in [0.05, 0.1) is 25.5 Å². The van der Waals surface area contributed by atoms with Gasteiger partial charge in [0.2, 0.25) is 0 Å². The van der Waals surface area contributed by atoms with Crippen molar-refractivity contribution in [1.82, 2.24) is 14.8 Å². The van der Waals surface area contributed by atoms with Gasteiger partial charge in [0.15, 0.2) is 16.8 Å². The zero-order valence-electron chi connectivity index (χ0n) is 18.6. The molecular weight excluding hydrogens is 412 g/mol. The van der Waals surface area contributed by atoms with Gasteiger partial charge in [-0.15, -0.1) is 10.2 Å². The first-order valence-corrected chi connectivity index (χ1v) is 11.1. The van der Waals surface area contributed by atoms with E-state index in [1.54, 1.807) is 32.4 Å². The second-order valence-corrected chi connectivity index (χ2v) is 7.80. The van der Waals surface area contributed by atoms with Gasteiger partial charge in [0.1, 0.15) is 11.5 Å². The Hall–Kier alpha value is -3.00. The highest BCUT2D eigenvalue weighted by atomic mass is 32.2. The quantitative estimate of drug-likeness (QED) is 0.343. The number of hydrogen-bond acceptors (Lipinski definition) is 7. The van der Waals surface area contributed by atoms with E-state index in [0.717, 1.165) is 24.5 Å². The van der Waals surface area contributed by atoms with Gasteiger partial charge in [0.25, 0.3) is 0 Å². The Bertz CT molecular complexity index is 1030. The van der Waals surface area contributed by atoms with Crippen molar-refractivity contribution in [2.75, 3.05) is 38.0 Å². The zero-order chi connectivity index (χ0) is 22.4. The number of ether oxygens (including phenoxy) is 2. The van der Waals surface area contributed by atoms with Crippen molar-refractivity contribution in [3.05, 3.63) is 48.0 Å². The summed E-state index contributed by atoms with van der Waals surface area (Å²) < 4.78 is 12.4. The maximum absolute atomic E-state index is 12.7. The summed E-state index contributed by atoms with van der Waals surface area (Å²) in [5.74, 6) is 2.10. The molecule has 3 rings (SSSR count). The Labute approximate surface area is 187 Å². The number of rotatable bonds is 10. The number of carbonyl (C=O) groups excluding carboxylic acids is 1. The highest BCUT2D eigenvalue weighted by Gasteiger charge is 2.17. The number of carbonyl (C=O) groups is 1. The van der Waals surface area contributed by atoms with Crippen LogP contribution in [0.25, 0.3) is 11.4 Å². The molecule has 0 aliphatic carbocycles. The van der Waals surface area contributed by atoms with Gasteiger partial charge in [0, 0.05) is 37.5 Å². The van der Waals surface area contributed by atoms with Gasteiger partial charge in [-0.05, 0) is 50.2 Å². The van der Waals surface area contributed by atoms with Crippen molar-refractivity contribution in [1.29, 1.82) is 0 Å². The Morgan fingerprint density at radius 1 is 1.03 bits per heavy atom. The van der Waals surface area contributed by atoms with Crippen LogP contribution in [0.1, 0.15) is 24.2 Å². The lowest BCUT2D eigenvalue weighted by Crippen LogP contribution is -2.21. The van der Waals surface area contributed by atoms with Crippen LogP contribution >= 0.6 is 11.8 Å². The van der Waals surface area contributed by atoms with Crippen LogP contribution in [-0.4, -0.2) is 53.6 Å². The summed E-state index contributed by atoms with van der Waals surface area (Å²) in [5.41, 5.74) is 2.69. The van der Waals surface area contributed by atoms with Gasteiger partial charge in [-0.2, -0.15) is 0 Å². The fraction of sp³-hybridized carbons (Fsp3) is 0.348. The van der Waals surface area contributed by atoms with Crippen molar-refractivity contribution in [3.8, 4) is 22.9 Å². The van der Waals surface area contributed by atoms with Crippen molar-refractivity contribution < 1.29 is 14.3 Å². The second kappa shape index (κ2) is 10.3. The molecule has 0 aliphatic heterocycles. The summed E-state index contributed by atoms with van der Waals surface area (Å²) in [6.45, 7) is 6.22. The van der Waals surface area contributed by atoms with Crippen LogP contribution in [0.15, 0.2) is 47.6 Å². The highest BCUT2D eigenvalue weighted by molar-refractivity contribution is 7.99. The summed E-state index contributed by atoms with van der Waals surface area (Å²) in [5, 5.41) is 9.30. The lowest BCUT2D eigenvalue weighted by atomic mass is 10.1. The molecule has 0 spiro atoms. The molecule has 164 valence electrons. The van der Waals surface area contributed by atoms with Gasteiger partial charge in [-0.3, -0.25) is 4.79 Å². The largest absolute Gasteiger partial charge is 0.497 e. The Balaban J connectivity index is 1.72. The molecule has 0 saturated heterocycles. The summed E-state index contributed by atoms with van der Waals surface area (Å²) >= 11 is 1.35. The first-order valence-electron chi connectivity index (χ1n) is 10.1. The smallest absolute Gasteiger partial charge is 0.191 e. The van der Waals surface area contributed by atoms with Crippen LogP contribution < -0.4 is 14.4 Å². The van der Waals surface area contributed by atoms with E-state index in [4.69, 9.17) is 9.47 Å². The van der Waals surface area contributed by atoms with E-state index in [-0.39, 0.29) is 11.5 Å². The standard InChI is InChI=1S/C23H28N4O3S/c1-6-27(7-2)17-10-8-16(9-11-17)22-24-25-23(26(22)3)31-15-20(28)19-13-12-18(29-4)14-21(19)30-5/h8-14H,6-7,15H2,1-5H3. The Morgan fingerprint density at radius 3 is 2.35 bits per heavy atom. The predicted molar refractivity (Wildman–Crippen MR) is 125 cm³/mol. The molecule has 1 aromatic heterocycles. The second-order valence-electron chi connectivity index (χ2n) is 6.86. The van der Waals surface area contributed by atoms with Gasteiger partial charge >= 0.3 is 0 Å². The monoisotopic (exact) mass is 440 g/mol. The van der Waals surface area contributed by atoms with Crippen molar-refractivity contribution >= 4 is 23.2 Å². The van der Waals surface area contributed by atoms with Crippen molar-refractivity contribution in [3.63, 3.8) is 0 Å². The van der Waals surface area contributed by atoms with E-state index in [9.17, 15) is 4.79 Å². The maximum Gasteiger partial charge on any atom is 0.191 e. The molecule has 31 heavy (non-hydrogen) atoms. The molecular formula is C23H28N4O3S. The van der Waals surface area contributed by atoms with Gasteiger partial charge in [-0.25, -0.2) is 0 Å². The number of aromatic nitrogens is 3. The first-order chi connectivity index (χ1) is 15.0. The van der Waals surface area contributed by atoms with Crippen LogP contribution in [-0.2, 0) is 7.05 Å². The van der Waals surface area contributed by atoms with Crippen LogP contribution in [0.5, 0.6) is 11.5 Å². The third-order valence-electron chi connectivity index (χ3n) is 5.13. The summed E-state index contributed by atoms with van der Waals surface area (Å²) in [7, 11) is 5.03. The SMILES string of the molecule is CCN(CC)c1ccc(-c2nnc(SCC(=O)c3ccc(OC)cc3OC)n2C)cc1. The van der Waals surface area contributed by atoms with E-state index in [1.807, 2.05) is 11.6 Å². The molecule has 0 bridgehead atoms. The third kappa shape index (κ3) is 5.02. The van der Waals surface area contributed by atoms with Crippen LogP contribution in [0.3, 0.4) is 0 Å². The third-order valence-corrected chi connectivity index (χ3v) is 6.15. The minimum atomic E-state index is -0.0439. The van der Waals surface area contributed by atoms with Crippen LogP contribution in [0, 0.1) is 0 Å². The molecule has 0 saturated carbocycles. The predicted octanol–water partition coefficient (Wildman–Crippen LogP) is 4.32. The molecule has 0 aliphatic rings. The van der Waals surface area contributed by atoms with E-state index >= 15 is 0 Å². The summed E-state index contributed by atoms with van der Waals surface area (Å²) in [4.78, 5) is 15.0. The molecule has 0 unspecified atom stereocenters. The fourth-order valence-electron chi connectivity index (χ4n) is 3.34. The fourth-order valence-corrected chi connectivity index (χ4v) is 4.13. The molecule has 0 fully saturated rings. The highest BCUT2D eigenvalue weighted by Crippen LogP contribution is 2.28. The molecule has 8 heteroatoms. The molecule has 0 radical (unpaired) electrons. The lowest BCUT2D eigenvalue weighted by molar-refractivity contribution is 0.101. The normalized spacial score (nSPS) is 10.7. The molecule has 0 N–H and O–H groups in total. The van der Waals surface area contributed by atoms with E-state index in [1.165, 1.54) is 17.4 Å². The molecule has 2 aromatic carbocycles. The number of nitrogens with zero attached hydrogens (tertiary/aromatic N) is 4. The lowest BCUT2D eigenvalue weighted by Gasteiger charge is -2.21. The number of Topliss-reactive ketones (excluding diaryl/α,β-unsaturated/α-hetero) is 1. The van der Waals surface area contributed by atoms with Crippen molar-refractivity contribution in [2.24, 2.45) is 7.05 Å². The Kier molecular flexibility index (Phi) is 7.57. The van der Waals surface area contributed by atoms with Crippen molar-refractivity contribution in [2.45, 2.75) is 19.0 Å². The van der Waals surface area contributed by atoms with Crippen LogP contribution in [0.4, 0.5) is 5.69 Å². The topological polar surface area (TPSA) is 69.5 Å². The molecule has 7 nitrogen and oxygen atoms in total.